The average Bonchev–Trinajstić information content (AvgIpc) is 2.87. The van der Waals surface area contributed by atoms with Gasteiger partial charge in [-0.1, -0.05) is 18.7 Å². The highest BCUT2D eigenvalue weighted by atomic mass is 19.1. The molecule has 8 nitrogen and oxygen atoms in total. The number of fused-ring (bicyclic) bond motifs is 1. The number of likely N-dealkylation sites (tertiary alicyclic amines) is 1. The number of nitrogens with one attached hydrogen (secondary N) is 1. The van der Waals surface area contributed by atoms with Crippen molar-refractivity contribution in [2.45, 2.75) is 18.9 Å². The monoisotopic (exact) mass is 468 g/mol. The summed E-state index contributed by atoms with van der Waals surface area (Å²) in [5.41, 5.74) is 8.65. The molecule has 34 heavy (non-hydrogen) atoms. The summed E-state index contributed by atoms with van der Waals surface area (Å²) >= 11 is 0. The van der Waals surface area contributed by atoms with E-state index in [2.05, 4.69) is 68.7 Å². The Morgan fingerprint density at radius 1 is 1.26 bits per heavy atom. The Kier molecular flexibility index (Phi) is 8.72. The van der Waals surface area contributed by atoms with Gasteiger partial charge in [-0.25, -0.2) is 15.2 Å². The van der Waals surface area contributed by atoms with Crippen LogP contribution in [0, 0.1) is 0 Å². The van der Waals surface area contributed by atoms with Gasteiger partial charge in [-0.15, -0.1) is 0 Å². The number of rotatable bonds is 7. The molecule has 0 aliphatic carbocycles. The zero-order chi connectivity index (χ0) is 24.7. The first kappa shape index (κ1) is 25.3. The number of halogens is 1. The second kappa shape index (κ2) is 11.7. The average molecular weight is 469 g/mol. The maximum Gasteiger partial charge on any atom is 0.126 e. The first-order valence-corrected chi connectivity index (χ1v) is 11.5. The number of benzene rings is 1. The molecule has 0 radical (unpaired) electrons. The van der Waals surface area contributed by atoms with E-state index < -0.39 is 0 Å². The predicted octanol–water partition coefficient (Wildman–Crippen LogP) is 3.20. The van der Waals surface area contributed by atoms with Crippen LogP contribution in [-0.4, -0.2) is 63.7 Å². The number of hydrogen-bond donors (Lipinski definition) is 3. The van der Waals surface area contributed by atoms with E-state index in [-0.39, 0.29) is 12.7 Å². The third-order valence-electron chi connectivity index (χ3n) is 6.32. The summed E-state index contributed by atoms with van der Waals surface area (Å²) < 4.78 is 16.3. The highest BCUT2D eigenvalue weighted by molar-refractivity contribution is 5.88. The van der Waals surface area contributed by atoms with E-state index in [0.29, 0.717) is 12.2 Å². The highest BCUT2D eigenvalue weighted by Crippen LogP contribution is 2.26. The number of nitrogens with zero attached hydrogens (tertiary/aromatic N) is 5. The highest BCUT2D eigenvalue weighted by Gasteiger charge is 2.21. The van der Waals surface area contributed by atoms with Crippen LogP contribution in [0.5, 0.6) is 0 Å². The van der Waals surface area contributed by atoms with Crippen LogP contribution in [-0.2, 0) is 14.1 Å². The Balaban J connectivity index is 0.000000192. The SMILES string of the molecule is C=C/C(N)=C/N(N)C1CCN(CCF)CC1.CNc1cc2cc(-c3cn(C)n3C)ccc2cn1. The van der Waals surface area contributed by atoms with Gasteiger partial charge in [-0.2, -0.15) is 0 Å². The fourth-order valence-electron chi connectivity index (χ4n) is 4.05. The van der Waals surface area contributed by atoms with Crippen LogP contribution in [0.4, 0.5) is 10.2 Å². The molecule has 0 unspecified atom stereocenters. The molecule has 1 aromatic carbocycles. The fourth-order valence-corrected chi connectivity index (χ4v) is 4.05. The molecule has 2 aromatic heterocycles. The van der Waals surface area contributed by atoms with Gasteiger partial charge in [0.25, 0.3) is 0 Å². The van der Waals surface area contributed by atoms with Crippen molar-refractivity contribution < 1.29 is 4.39 Å². The molecule has 4 rings (SSSR count). The molecule has 0 spiro atoms. The van der Waals surface area contributed by atoms with Gasteiger partial charge >= 0.3 is 0 Å². The van der Waals surface area contributed by atoms with Gasteiger partial charge in [0, 0.05) is 82.1 Å². The predicted molar refractivity (Wildman–Crippen MR) is 139 cm³/mol. The van der Waals surface area contributed by atoms with Gasteiger partial charge in [-0.3, -0.25) is 9.36 Å². The van der Waals surface area contributed by atoms with Crippen LogP contribution in [0.1, 0.15) is 12.8 Å². The number of aromatic nitrogens is 3. The summed E-state index contributed by atoms with van der Waals surface area (Å²) in [5, 5.41) is 7.08. The molecule has 1 aliphatic heterocycles. The van der Waals surface area contributed by atoms with Crippen molar-refractivity contribution in [3.05, 3.63) is 61.2 Å². The Labute approximate surface area is 201 Å². The van der Waals surface area contributed by atoms with Crippen LogP contribution < -0.4 is 16.9 Å². The summed E-state index contributed by atoms with van der Waals surface area (Å²) in [5.74, 6) is 6.78. The summed E-state index contributed by atoms with van der Waals surface area (Å²) in [6.07, 6.45) is 9.17. The van der Waals surface area contributed by atoms with Gasteiger partial charge in [0.15, 0.2) is 0 Å². The summed E-state index contributed by atoms with van der Waals surface area (Å²) in [7, 11) is 5.98. The van der Waals surface area contributed by atoms with E-state index >= 15 is 0 Å². The van der Waals surface area contributed by atoms with Gasteiger partial charge in [0.2, 0.25) is 0 Å². The Morgan fingerprint density at radius 3 is 2.59 bits per heavy atom. The van der Waals surface area contributed by atoms with Gasteiger partial charge in [-0.05, 0) is 36.4 Å². The lowest BCUT2D eigenvalue weighted by Crippen LogP contribution is -2.46. The number of allylic oxidation sites excluding steroid dienone is 1. The summed E-state index contributed by atoms with van der Waals surface area (Å²) in [6, 6.07) is 8.81. The maximum absolute atomic E-state index is 12.1. The number of aryl methyl sites for hydroxylation is 1. The maximum atomic E-state index is 12.1. The van der Waals surface area contributed by atoms with Crippen LogP contribution in [0.15, 0.2) is 61.2 Å². The number of pyridine rings is 1. The Hall–Kier alpha value is -3.30. The van der Waals surface area contributed by atoms with Gasteiger partial charge in [0.1, 0.15) is 12.5 Å². The van der Waals surface area contributed by atoms with E-state index in [1.807, 2.05) is 20.3 Å². The van der Waals surface area contributed by atoms with E-state index in [1.54, 1.807) is 17.3 Å². The molecule has 184 valence electrons. The van der Waals surface area contributed by atoms with Crippen molar-refractivity contribution in [1.82, 2.24) is 24.3 Å². The molecule has 9 heteroatoms. The third-order valence-corrected chi connectivity index (χ3v) is 6.32. The van der Waals surface area contributed by atoms with Crippen molar-refractivity contribution in [1.29, 1.82) is 0 Å². The zero-order valence-corrected chi connectivity index (χ0v) is 20.4. The van der Waals surface area contributed by atoms with Crippen molar-refractivity contribution in [3.63, 3.8) is 0 Å². The number of piperidine rings is 1. The second-order valence-corrected chi connectivity index (χ2v) is 8.54. The van der Waals surface area contributed by atoms with Crippen LogP contribution in [0.2, 0.25) is 0 Å². The molecule has 1 aliphatic rings. The number of alkyl halides is 1. The molecule has 0 bridgehead atoms. The Morgan fingerprint density at radius 2 is 2.00 bits per heavy atom. The molecule has 0 atom stereocenters. The molecule has 1 fully saturated rings. The summed E-state index contributed by atoms with van der Waals surface area (Å²) in [6.45, 7) is 5.61. The number of nitrogens with two attached hydrogens (primary N) is 2. The van der Waals surface area contributed by atoms with Crippen LogP contribution >= 0.6 is 0 Å². The fraction of sp³-hybridized carbons (Fsp3) is 0.400. The minimum Gasteiger partial charge on any atom is -0.398 e. The topological polar surface area (TPSA) is 93.3 Å². The van der Waals surface area contributed by atoms with Crippen LogP contribution in [0.25, 0.3) is 22.0 Å². The minimum atomic E-state index is -0.277. The lowest BCUT2D eigenvalue weighted by Gasteiger charge is -2.35. The second-order valence-electron chi connectivity index (χ2n) is 8.54. The lowest BCUT2D eigenvalue weighted by molar-refractivity contribution is 0.135. The van der Waals surface area contributed by atoms with Gasteiger partial charge in [0.05, 0.1) is 5.69 Å². The normalized spacial score (nSPS) is 15.1. The largest absolute Gasteiger partial charge is 0.398 e. The minimum absolute atomic E-state index is 0.277. The number of anilines is 1. The summed E-state index contributed by atoms with van der Waals surface area (Å²) in [4.78, 5) is 6.43. The standard InChI is InChI=1S/C14H16N4.C11H21FN4/c1-15-14-7-12-6-10(4-5-11(12)8-16-14)13-9-17(2)18(13)3;1-2-10(13)9-16(14)11-3-6-15(7-4-11)8-5-12/h4-9H,1-3H3,(H,15,16);2,9,11H,1,3-8,13-14H2/b;10-9-. The molecule has 0 saturated carbocycles. The van der Waals surface area contributed by atoms with E-state index in [4.69, 9.17) is 11.6 Å². The zero-order valence-electron chi connectivity index (χ0n) is 20.4. The quantitative estimate of drug-likeness (QED) is 0.280. The number of hydrazine groups is 1. The van der Waals surface area contributed by atoms with Crippen molar-refractivity contribution in [3.8, 4) is 11.3 Å². The van der Waals surface area contributed by atoms with Crippen molar-refractivity contribution in [2.24, 2.45) is 25.7 Å². The van der Waals surface area contributed by atoms with E-state index in [9.17, 15) is 4.39 Å². The van der Waals surface area contributed by atoms with Gasteiger partial charge < -0.3 is 21.0 Å². The molecular weight excluding hydrogens is 431 g/mol. The van der Waals surface area contributed by atoms with E-state index in [1.165, 1.54) is 16.6 Å². The molecule has 3 aromatic rings. The first-order valence-electron chi connectivity index (χ1n) is 11.5. The third kappa shape index (κ3) is 6.18. The van der Waals surface area contributed by atoms with Crippen LogP contribution in [0.3, 0.4) is 0 Å². The smallest absolute Gasteiger partial charge is 0.126 e. The number of hydrogen-bond acceptors (Lipinski definition) is 6. The lowest BCUT2D eigenvalue weighted by atomic mass is 10.0. The molecule has 0 amide bonds. The molecule has 1 saturated heterocycles. The van der Waals surface area contributed by atoms with E-state index in [0.717, 1.165) is 37.1 Å². The molecular formula is C25H37FN8. The van der Waals surface area contributed by atoms with Crippen molar-refractivity contribution >= 4 is 16.6 Å². The molecule has 3 heterocycles. The Bertz CT molecular complexity index is 1110. The van der Waals surface area contributed by atoms with Crippen molar-refractivity contribution in [2.75, 3.05) is 38.7 Å². The first-order chi connectivity index (χ1) is 16.4. The molecule has 5 N–H and O–H groups in total.